The summed E-state index contributed by atoms with van der Waals surface area (Å²) in [4.78, 5) is 0. The van der Waals surface area contributed by atoms with Crippen molar-refractivity contribution in [2.45, 2.75) is 13.8 Å². The molecule has 3 heteroatoms. The minimum atomic E-state index is 0.685. The second kappa shape index (κ2) is 4.59. The first-order chi connectivity index (χ1) is 9.16. The van der Waals surface area contributed by atoms with Gasteiger partial charge in [0.2, 0.25) is 0 Å². The monoisotopic (exact) mass is 266 g/mol. The fourth-order valence-corrected chi connectivity index (χ4v) is 2.53. The smallest absolute Gasteiger partial charge is 0.127 e. The van der Waals surface area contributed by atoms with Gasteiger partial charge >= 0.3 is 0 Å². The Morgan fingerprint density at radius 2 is 1.74 bits per heavy atom. The van der Waals surface area contributed by atoms with Crippen LogP contribution in [0.2, 0.25) is 0 Å². The Labute approximate surface area is 117 Å². The number of H-pyrrole nitrogens is 1. The Morgan fingerprint density at radius 3 is 2.53 bits per heavy atom. The Morgan fingerprint density at radius 1 is 1.00 bits per heavy atom. The number of aryl methyl sites for hydroxylation is 2. The number of benzene rings is 2. The molecule has 0 saturated carbocycles. The molecule has 94 valence electrons. The molecule has 0 radical (unpaired) electrons. The van der Waals surface area contributed by atoms with Crippen LogP contribution in [0.25, 0.3) is 22.0 Å². The van der Waals surface area contributed by atoms with Crippen molar-refractivity contribution < 1.29 is 0 Å². The van der Waals surface area contributed by atoms with E-state index in [1.165, 1.54) is 11.1 Å². The maximum Gasteiger partial charge on any atom is 0.127 e. The topological polar surface area (TPSA) is 28.7 Å². The van der Waals surface area contributed by atoms with Crippen molar-refractivity contribution in [2.75, 3.05) is 0 Å². The first-order valence-electron chi connectivity index (χ1n) is 6.22. The van der Waals surface area contributed by atoms with Gasteiger partial charge in [0, 0.05) is 16.3 Å². The number of aromatic amines is 1. The van der Waals surface area contributed by atoms with Gasteiger partial charge in [-0.15, -0.1) is 0 Å². The van der Waals surface area contributed by atoms with Crippen molar-refractivity contribution >= 4 is 23.0 Å². The van der Waals surface area contributed by atoms with Crippen LogP contribution in [-0.4, -0.2) is 10.2 Å². The molecule has 0 aliphatic carbocycles. The molecule has 0 aliphatic heterocycles. The zero-order valence-corrected chi connectivity index (χ0v) is 11.7. The van der Waals surface area contributed by atoms with Gasteiger partial charge in [-0.2, -0.15) is 5.10 Å². The Bertz CT molecular complexity index is 818. The minimum absolute atomic E-state index is 0.685. The van der Waals surface area contributed by atoms with E-state index in [2.05, 4.69) is 48.3 Å². The van der Waals surface area contributed by atoms with Gasteiger partial charge in [-0.1, -0.05) is 54.2 Å². The van der Waals surface area contributed by atoms with Gasteiger partial charge in [0.25, 0.3) is 0 Å². The largest absolute Gasteiger partial charge is 0.267 e. The molecule has 0 amide bonds. The number of hydrogen-bond donors (Lipinski definition) is 1. The number of aromatic nitrogens is 2. The van der Waals surface area contributed by atoms with Crippen LogP contribution in [0.5, 0.6) is 0 Å². The lowest BCUT2D eigenvalue weighted by Gasteiger charge is -2.09. The lowest BCUT2D eigenvalue weighted by molar-refractivity contribution is 1.04. The molecule has 2 nitrogen and oxygen atoms in total. The van der Waals surface area contributed by atoms with Crippen molar-refractivity contribution in [2.24, 2.45) is 0 Å². The van der Waals surface area contributed by atoms with Crippen molar-refractivity contribution in [3.05, 3.63) is 58.2 Å². The summed E-state index contributed by atoms with van der Waals surface area (Å²) >= 11 is 5.30. The Balaban J connectivity index is 2.41. The normalized spacial score (nSPS) is 10.8. The SMILES string of the molecule is Cc1ccc(C)c(-c2n[nH]c(=S)c3ccccc23)c1. The molecule has 1 aromatic heterocycles. The average molecular weight is 266 g/mol. The van der Waals surface area contributed by atoms with E-state index >= 15 is 0 Å². The average Bonchev–Trinajstić information content (AvgIpc) is 2.43. The highest BCUT2D eigenvalue weighted by Crippen LogP contribution is 2.29. The summed E-state index contributed by atoms with van der Waals surface area (Å²) in [7, 11) is 0. The third kappa shape index (κ3) is 2.06. The molecular formula is C16H14N2S. The highest BCUT2D eigenvalue weighted by Gasteiger charge is 2.09. The zero-order valence-electron chi connectivity index (χ0n) is 10.9. The van der Waals surface area contributed by atoms with Crippen LogP contribution in [0.3, 0.4) is 0 Å². The molecule has 3 aromatic rings. The molecule has 1 N–H and O–H groups in total. The van der Waals surface area contributed by atoms with Crippen LogP contribution < -0.4 is 0 Å². The van der Waals surface area contributed by atoms with Gasteiger partial charge in [0.05, 0.1) is 5.69 Å². The van der Waals surface area contributed by atoms with E-state index in [0.717, 1.165) is 22.0 Å². The second-order valence-electron chi connectivity index (χ2n) is 4.77. The van der Waals surface area contributed by atoms with Crippen LogP contribution in [0.4, 0.5) is 0 Å². The Hall–Kier alpha value is -2.00. The molecule has 0 saturated heterocycles. The summed E-state index contributed by atoms with van der Waals surface area (Å²) in [6, 6.07) is 14.5. The van der Waals surface area contributed by atoms with Crippen LogP contribution in [0.1, 0.15) is 11.1 Å². The van der Waals surface area contributed by atoms with Gasteiger partial charge in [0.15, 0.2) is 0 Å². The molecular weight excluding hydrogens is 252 g/mol. The second-order valence-corrected chi connectivity index (χ2v) is 5.17. The third-order valence-electron chi connectivity index (χ3n) is 3.34. The van der Waals surface area contributed by atoms with Crippen molar-refractivity contribution in [1.29, 1.82) is 0 Å². The van der Waals surface area contributed by atoms with E-state index in [4.69, 9.17) is 12.2 Å². The molecule has 2 aromatic carbocycles. The highest BCUT2D eigenvalue weighted by molar-refractivity contribution is 7.71. The van der Waals surface area contributed by atoms with E-state index < -0.39 is 0 Å². The first kappa shape index (κ1) is 12.1. The fraction of sp³-hybridized carbons (Fsp3) is 0.125. The minimum Gasteiger partial charge on any atom is -0.267 e. The van der Waals surface area contributed by atoms with Crippen molar-refractivity contribution in [3.8, 4) is 11.3 Å². The number of nitrogens with zero attached hydrogens (tertiary/aromatic N) is 1. The predicted octanol–water partition coefficient (Wildman–Crippen LogP) is 4.58. The van der Waals surface area contributed by atoms with Crippen molar-refractivity contribution in [3.63, 3.8) is 0 Å². The van der Waals surface area contributed by atoms with Gasteiger partial charge in [-0.05, 0) is 25.5 Å². The summed E-state index contributed by atoms with van der Waals surface area (Å²) in [5.74, 6) is 0. The van der Waals surface area contributed by atoms with E-state index in [9.17, 15) is 0 Å². The van der Waals surface area contributed by atoms with Gasteiger partial charge in [-0.3, -0.25) is 5.10 Å². The van der Waals surface area contributed by atoms with Crippen LogP contribution in [0.15, 0.2) is 42.5 Å². The molecule has 3 rings (SSSR count). The highest BCUT2D eigenvalue weighted by atomic mass is 32.1. The summed E-state index contributed by atoms with van der Waals surface area (Å²) in [6.07, 6.45) is 0. The Kier molecular flexibility index (Phi) is 2.91. The van der Waals surface area contributed by atoms with E-state index in [1.807, 2.05) is 18.2 Å². The fourth-order valence-electron chi connectivity index (χ4n) is 2.31. The zero-order chi connectivity index (χ0) is 13.4. The molecule has 0 fully saturated rings. The summed E-state index contributed by atoms with van der Waals surface area (Å²) in [5.41, 5.74) is 4.57. The maximum absolute atomic E-state index is 5.30. The summed E-state index contributed by atoms with van der Waals surface area (Å²) in [6.45, 7) is 4.20. The third-order valence-corrected chi connectivity index (χ3v) is 3.66. The van der Waals surface area contributed by atoms with Gasteiger partial charge in [0.1, 0.15) is 4.64 Å². The molecule has 0 aliphatic rings. The number of rotatable bonds is 1. The van der Waals surface area contributed by atoms with Crippen molar-refractivity contribution in [1.82, 2.24) is 10.2 Å². The number of nitrogens with one attached hydrogen (secondary N) is 1. The molecule has 0 spiro atoms. The predicted molar refractivity (Wildman–Crippen MR) is 81.8 cm³/mol. The van der Waals surface area contributed by atoms with Crippen LogP contribution in [0, 0.1) is 18.5 Å². The quantitative estimate of drug-likeness (QED) is 0.653. The molecule has 19 heavy (non-hydrogen) atoms. The van der Waals surface area contributed by atoms with Gasteiger partial charge < -0.3 is 0 Å². The molecule has 0 atom stereocenters. The molecule has 0 bridgehead atoms. The lowest BCUT2D eigenvalue weighted by Crippen LogP contribution is -1.93. The van der Waals surface area contributed by atoms with Crippen LogP contribution in [-0.2, 0) is 0 Å². The molecule has 1 heterocycles. The van der Waals surface area contributed by atoms with E-state index in [0.29, 0.717) is 4.64 Å². The molecule has 0 unspecified atom stereocenters. The standard InChI is InChI=1S/C16H14N2S/c1-10-7-8-11(2)14(9-10)15-12-5-3-4-6-13(12)16(19)18-17-15/h3-9H,1-2H3,(H,18,19). The van der Waals surface area contributed by atoms with Crippen LogP contribution >= 0.6 is 12.2 Å². The van der Waals surface area contributed by atoms with E-state index in [1.54, 1.807) is 0 Å². The lowest BCUT2D eigenvalue weighted by atomic mass is 9.99. The number of fused-ring (bicyclic) bond motifs is 1. The van der Waals surface area contributed by atoms with Gasteiger partial charge in [-0.25, -0.2) is 0 Å². The maximum atomic E-state index is 5.30. The summed E-state index contributed by atoms with van der Waals surface area (Å²) in [5, 5.41) is 9.54. The summed E-state index contributed by atoms with van der Waals surface area (Å²) < 4.78 is 0.685. The number of hydrogen-bond acceptors (Lipinski definition) is 2. The first-order valence-corrected chi connectivity index (χ1v) is 6.62. The van der Waals surface area contributed by atoms with E-state index in [-0.39, 0.29) is 0 Å².